The first-order chi connectivity index (χ1) is 10.5. The molecule has 0 spiro atoms. The van der Waals surface area contributed by atoms with E-state index in [1.165, 1.54) is 24.3 Å². The molecule has 0 amide bonds. The summed E-state index contributed by atoms with van der Waals surface area (Å²) < 4.78 is 12.8. The van der Waals surface area contributed by atoms with Gasteiger partial charge in [0, 0.05) is 6.42 Å². The molecule has 0 aliphatic rings. The molecule has 0 bridgehead atoms. The van der Waals surface area contributed by atoms with Crippen molar-refractivity contribution in [1.82, 2.24) is 0 Å². The molecule has 0 aliphatic heterocycles. The number of carbonyl (C=O) groups is 2. The zero-order valence-electron chi connectivity index (χ0n) is 11.8. The lowest BCUT2D eigenvalue weighted by molar-refractivity contribution is -0.120. The molecular formula is C17H16FNO3. The molecule has 0 saturated heterocycles. The number of halogens is 1. The number of aryl methyl sites for hydroxylation is 1. The SMILES string of the molecule is NC(C(=O)CCc1ccc(F)cc1)c1ccc(C(=O)O)cc1. The van der Waals surface area contributed by atoms with Crippen molar-refractivity contribution in [3.05, 3.63) is 71.0 Å². The number of hydrogen-bond donors (Lipinski definition) is 2. The molecule has 0 radical (unpaired) electrons. The quantitative estimate of drug-likeness (QED) is 0.859. The summed E-state index contributed by atoms with van der Waals surface area (Å²) in [6.45, 7) is 0. The van der Waals surface area contributed by atoms with Gasteiger partial charge in [-0.15, -0.1) is 0 Å². The molecule has 0 aromatic heterocycles. The topological polar surface area (TPSA) is 80.4 Å². The lowest BCUT2D eigenvalue weighted by Crippen LogP contribution is -2.21. The number of aromatic carboxylic acids is 1. The molecule has 1 atom stereocenters. The molecule has 114 valence electrons. The van der Waals surface area contributed by atoms with Gasteiger partial charge in [0.15, 0.2) is 5.78 Å². The van der Waals surface area contributed by atoms with Crippen LogP contribution in [0, 0.1) is 5.82 Å². The summed E-state index contributed by atoms with van der Waals surface area (Å²) in [4.78, 5) is 22.9. The number of nitrogens with two attached hydrogens (primary N) is 1. The van der Waals surface area contributed by atoms with Gasteiger partial charge in [-0.2, -0.15) is 0 Å². The number of Topliss-reactive ketones (excluding diaryl/α,β-unsaturated/α-hetero) is 1. The van der Waals surface area contributed by atoms with E-state index in [0.29, 0.717) is 12.0 Å². The van der Waals surface area contributed by atoms with Crippen molar-refractivity contribution in [2.75, 3.05) is 0 Å². The second kappa shape index (κ2) is 6.95. The lowest BCUT2D eigenvalue weighted by Gasteiger charge is -2.11. The lowest BCUT2D eigenvalue weighted by atomic mass is 9.97. The second-order valence-electron chi connectivity index (χ2n) is 5.00. The van der Waals surface area contributed by atoms with Crippen LogP contribution in [-0.2, 0) is 11.2 Å². The van der Waals surface area contributed by atoms with Crippen LogP contribution in [0.3, 0.4) is 0 Å². The number of rotatable bonds is 6. The molecular weight excluding hydrogens is 285 g/mol. The average Bonchev–Trinajstić information content (AvgIpc) is 2.53. The van der Waals surface area contributed by atoms with E-state index >= 15 is 0 Å². The Morgan fingerprint density at radius 1 is 1.05 bits per heavy atom. The largest absolute Gasteiger partial charge is 0.478 e. The summed E-state index contributed by atoms with van der Waals surface area (Å²) in [7, 11) is 0. The van der Waals surface area contributed by atoms with Gasteiger partial charge in [-0.05, 0) is 41.8 Å². The first kappa shape index (κ1) is 15.9. The Kier molecular flexibility index (Phi) is 5.01. The predicted molar refractivity (Wildman–Crippen MR) is 80.1 cm³/mol. The van der Waals surface area contributed by atoms with Crippen LogP contribution < -0.4 is 5.73 Å². The first-order valence-corrected chi connectivity index (χ1v) is 6.83. The van der Waals surface area contributed by atoms with Crippen molar-refractivity contribution >= 4 is 11.8 Å². The summed E-state index contributed by atoms with van der Waals surface area (Å²) in [5.74, 6) is -1.49. The monoisotopic (exact) mass is 301 g/mol. The summed E-state index contributed by atoms with van der Waals surface area (Å²) >= 11 is 0. The third kappa shape index (κ3) is 3.99. The first-order valence-electron chi connectivity index (χ1n) is 6.83. The Labute approximate surface area is 127 Å². The second-order valence-corrected chi connectivity index (χ2v) is 5.00. The zero-order valence-corrected chi connectivity index (χ0v) is 11.8. The maximum Gasteiger partial charge on any atom is 0.335 e. The van der Waals surface area contributed by atoms with Gasteiger partial charge in [-0.3, -0.25) is 4.79 Å². The molecule has 0 fully saturated rings. The standard InChI is InChI=1S/C17H16FNO3/c18-14-8-1-11(2-9-14)3-10-15(20)16(19)12-4-6-13(7-5-12)17(21)22/h1-2,4-9,16H,3,10,19H2,(H,21,22). The van der Waals surface area contributed by atoms with Crippen LogP contribution in [0.1, 0.15) is 33.9 Å². The molecule has 0 heterocycles. The van der Waals surface area contributed by atoms with E-state index in [-0.39, 0.29) is 23.6 Å². The molecule has 3 N–H and O–H groups in total. The summed E-state index contributed by atoms with van der Waals surface area (Å²) in [5.41, 5.74) is 7.49. The van der Waals surface area contributed by atoms with Crippen LogP contribution in [0.25, 0.3) is 0 Å². The number of carbonyl (C=O) groups excluding carboxylic acids is 1. The Morgan fingerprint density at radius 2 is 1.64 bits per heavy atom. The molecule has 22 heavy (non-hydrogen) atoms. The van der Waals surface area contributed by atoms with E-state index < -0.39 is 12.0 Å². The Hall–Kier alpha value is -2.53. The summed E-state index contributed by atoms with van der Waals surface area (Å²) in [5, 5.41) is 8.83. The minimum Gasteiger partial charge on any atom is -0.478 e. The van der Waals surface area contributed by atoms with Crippen LogP contribution in [0.4, 0.5) is 4.39 Å². The van der Waals surface area contributed by atoms with Crippen LogP contribution in [0.15, 0.2) is 48.5 Å². The average molecular weight is 301 g/mol. The van der Waals surface area contributed by atoms with Crippen molar-refractivity contribution in [2.24, 2.45) is 5.73 Å². The van der Waals surface area contributed by atoms with Crippen molar-refractivity contribution in [3.63, 3.8) is 0 Å². The minimum atomic E-state index is -1.03. The number of carboxylic acids is 1. The molecule has 4 nitrogen and oxygen atoms in total. The fraction of sp³-hybridized carbons (Fsp3) is 0.176. The summed E-state index contributed by atoms with van der Waals surface area (Å²) in [6.07, 6.45) is 0.730. The number of hydrogen-bond acceptors (Lipinski definition) is 3. The van der Waals surface area contributed by atoms with Gasteiger partial charge in [0.1, 0.15) is 5.82 Å². The van der Waals surface area contributed by atoms with E-state index in [2.05, 4.69) is 0 Å². The van der Waals surface area contributed by atoms with Gasteiger partial charge in [-0.1, -0.05) is 24.3 Å². The zero-order chi connectivity index (χ0) is 16.1. The molecule has 1 unspecified atom stereocenters. The van der Waals surface area contributed by atoms with Crippen molar-refractivity contribution in [2.45, 2.75) is 18.9 Å². The van der Waals surface area contributed by atoms with Crippen molar-refractivity contribution in [3.8, 4) is 0 Å². The maximum absolute atomic E-state index is 12.8. The highest BCUT2D eigenvalue weighted by Crippen LogP contribution is 2.16. The number of ketones is 1. The van der Waals surface area contributed by atoms with Crippen LogP contribution >= 0.6 is 0 Å². The third-order valence-electron chi connectivity index (χ3n) is 3.44. The van der Waals surface area contributed by atoms with Gasteiger partial charge in [0.05, 0.1) is 11.6 Å². The van der Waals surface area contributed by atoms with Gasteiger partial charge < -0.3 is 10.8 Å². The Morgan fingerprint density at radius 3 is 2.18 bits per heavy atom. The fourth-order valence-corrected chi connectivity index (χ4v) is 2.09. The highest BCUT2D eigenvalue weighted by atomic mass is 19.1. The Bertz CT molecular complexity index is 665. The minimum absolute atomic E-state index is 0.146. The maximum atomic E-state index is 12.8. The normalized spacial score (nSPS) is 11.9. The van der Waals surface area contributed by atoms with Gasteiger partial charge in [0.2, 0.25) is 0 Å². The highest BCUT2D eigenvalue weighted by molar-refractivity contribution is 5.88. The van der Waals surface area contributed by atoms with Crippen LogP contribution in [-0.4, -0.2) is 16.9 Å². The predicted octanol–water partition coefficient (Wildman–Crippen LogP) is 2.73. The third-order valence-corrected chi connectivity index (χ3v) is 3.44. The van der Waals surface area contributed by atoms with E-state index in [9.17, 15) is 14.0 Å². The van der Waals surface area contributed by atoms with E-state index in [1.54, 1.807) is 24.3 Å². The molecule has 0 saturated carbocycles. The number of carboxylic acid groups (broad SMARTS) is 1. The molecule has 2 aromatic carbocycles. The molecule has 2 aromatic rings. The molecule has 0 aliphatic carbocycles. The van der Waals surface area contributed by atoms with E-state index in [4.69, 9.17) is 10.8 Å². The van der Waals surface area contributed by atoms with E-state index in [0.717, 1.165) is 5.56 Å². The number of benzene rings is 2. The van der Waals surface area contributed by atoms with Gasteiger partial charge >= 0.3 is 5.97 Å². The fourth-order valence-electron chi connectivity index (χ4n) is 2.09. The van der Waals surface area contributed by atoms with Crippen LogP contribution in [0.5, 0.6) is 0 Å². The summed E-state index contributed by atoms with van der Waals surface area (Å²) in [6, 6.07) is 11.1. The van der Waals surface area contributed by atoms with Crippen molar-refractivity contribution in [1.29, 1.82) is 0 Å². The van der Waals surface area contributed by atoms with E-state index in [1.807, 2.05) is 0 Å². The smallest absolute Gasteiger partial charge is 0.335 e. The molecule has 5 heteroatoms. The van der Waals surface area contributed by atoms with Gasteiger partial charge in [-0.25, -0.2) is 9.18 Å². The van der Waals surface area contributed by atoms with Gasteiger partial charge in [0.25, 0.3) is 0 Å². The van der Waals surface area contributed by atoms with Crippen molar-refractivity contribution < 1.29 is 19.1 Å². The van der Waals surface area contributed by atoms with Crippen LogP contribution in [0.2, 0.25) is 0 Å². The molecule has 2 rings (SSSR count). The highest BCUT2D eigenvalue weighted by Gasteiger charge is 2.16. The Balaban J connectivity index is 1.96.